The molecule has 4 amide bonds. The summed E-state index contributed by atoms with van der Waals surface area (Å²) >= 11 is 11.8. The third kappa shape index (κ3) is 7.00. The lowest BCUT2D eigenvalue weighted by Crippen LogP contribution is -2.41. The van der Waals surface area contributed by atoms with E-state index in [1.54, 1.807) is 60.7 Å². The predicted molar refractivity (Wildman–Crippen MR) is 155 cm³/mol. The van der Waals surface area contributed by atoms with Crippen LogP contribution in [-0.4, -0.2) is 55.9 Å². The van der Waals surface area contributed by atoms with Crippen LogP contribution in [0.5, 0.6) is 0 Å². The summed E-state index contributed by atoms with van der Waals surface area (Å²) in [6.45, 7) is -0.394. The summed E-state index contributed by atoms with van der Waals surface area (Å²) in [5.74, 6) is -1.52. The first-order valence-electron chi connectivity index (χ1n) is 12.7. The number of hydrogen-bond donors (Lipinski definition) is 3. The molecule has 0 unspecified atom stereocenters. The van der Waals surface area contributed by atoms with Crippen molar-refractivity contribution in [1.29, 1.82) is 0 Å². The lowest BCUT2D eigenvalue weighted by Gasteiger charge is -2.22. The van der Waals surface area contributed by atoms with Crippen molar-refractivity contribution in [2.75, 3.05) is 17.2 Å². The highest BCUT2D eigenvalue weighted by Gasteiger charge is 2.34. The average Bonchev–Trinajstić information content (AvgIpc) is 3.70. The zero-order valence-electron chi connectivity index (χ0n) is 21.6. The number of nitrogens with zero attached hydrogens (tertiary/aromatic N) is 4. The number of hydrogen-bond acceptors (Lipinski definition) is 6. The van der Waals surface area contributed by atoms with Gasteiger partial charge in [-0.2, -0.15) is 5.10 Å². The van der Waals surface area contributed by atoms with Crippen LogP contribution in [0.2, 0.25) is 10.2 Å². The van der Waals surface area contributed by atoms with Crippen LogP contribution in [0, 0.1) is 0 Å². The molecule has 1 aliphatic carbocycles. The van der Waals surface area contributed by atoms with E-state index in [1.807, 2.05) is 0 Å². The fourth-order valence-corrected chi connectivity index (χ4v) is 4.68. The fraction of sp³-hybridized carbons (Fsp3) is 0.214. The largest absolute Gasteiger partial charge is 0.364 e. The molecule has 4 N–H and O–H groups in total. The Morgan fingerprint density at radius 3 is 2.41 bits per heavy atom. The maximum Gasteiger partial charge on any atom is 0.269 e. The second kappa shape index (κ2) is 11.9. The Bertz CT molecular complexity index is 1650. The highest BCUT2D eigenvalue weighted by molar-refractivity contribution is 6.30. The quantitative estimate of drug-likeness (QED) is 0.239. The zero-order chi connectivity index (χ0) is 29.1. The Morgan fingerprint density at radius 2 is 1.73 bits per heavy atom. The van der Waals surface area contributed by atoms with E-state index in [-0.39, 0.29) is 54.0 Å². The molecule has 0 radical (unpaired) electrons. The minimum atomic E-state index is -0.779. The Labute approximate surface area is 244 Å². The monoisotopic (exact) mass is 593 g/mol. The molecule has 0 atom stereocenters. The SMILES string of the molecule is NC(=O)c1nn(CC(=O)N(CC(=O)Nc2cccc(Cl)n2)C2CC2)c2ccc(NC(=O)Cc3ccc(Cl)cc3)cc12. The van der Waals surface area contributed by atoms with Crippen molar-refractivity contribution in [3.8, 4) is 0 Å². The smallest absolute Gasteiger partial charge is 0.269 e. The Morgan fingerprint density at radius 1 is 0.976 bits per heavy atom. The van der Waals surface area contributed by atoms with Crippen molar-refractivity contribution in [1.82, 2.24) is 19.7 Å². The summed E-state index contributed by atoms with van der Waals surface area (Å²) in [5, 5.41) is 10.9. The van der Waals surface area contributed by atoms with Gasteiger partial charge in [-0.15, -0.1) is 0 Å². The molecule has 13 heteroatoms. The molecule has 5 rings (SSSR count). The van der Waals surface area contributed by atoms with Gasteiger partial charge >= 0.3 is 0 Å². The maximum atomic E-state index is 13.3. The van der Waals surface area contributed by atoms with Crippen LogP contribution in [0.4, 0.5) is 11.5 Å². The van der Waals surface area contributed by atoms with E-state index in [1.165, 1.54) is 9.58 Å². The lowest BCUT2D eigenvalue weighted by molar-refractivity contribution is -0.135. The van der Waals surface area contributed by atoms with E-state index in [0.29, 0.717) is 21.6 Å². The minimum absolute atomic E-state index is 0.0376. The van der Waals surface area contributed by atoms with E-state index in [0.717, 1.165) is 18.4 Å². The standard InChI is InChI=1S/C28H25Cl2N7O4/c29-17-6-4-16(5-7-17)12-24(38)32-18-8-11-21-20(13-18)27(28(31)41)35-37(21)15-26(40)36(19-9-10-19)14-25(39)34-23-3-1-2-22(30)33-23/h1-8,11,13,19H,9-10,12,14-15H2,(H2,31,41)(H,32,38)(H,33,34,39). The van der Waals surface area contributed by atoms with E-state index in [2.05, 4.69) is 20.7 Å². The molecule has 2 aromatic heterocycles. The zero-order valence-corrected chi connectivity index (χ0v) is 23.2. The second-order valence-corrected chi connectivity index (χ2v) is 10.4. The summed E-state index contributed by atoms with van der Waals surface area (Å²) in [7, 11) is 0. The summed E-state index contributed by atoms with van der Waals surface area (Å²) < 4.78 is 1.38. The number of carbonyl (C=O) groups is 4. The summed E-state index contributed by atoms with van der Waals surface area (Å²) in [6.07, 6.45) is 1.68. The van der Waals surface area contributed by atoms with Gasteiger partial charge in [-0.3, -0.25) is 23.9 Å². The lowest BCUT2D eigenvalue weighted by atomic mass is 10.1. The van der Waals surface area contributed by atoms with Gasteiger partial charge in [0, 0.05) is 22.1 Å². The molecule has 0 bridgehead atoms. The number of anilines is 2. The van der Waals surface area contributed by atoms with Crippen molar-refractivity contribution in [2.45, 2.75) is 31.8 Å². The number of nitrogens with two attached hydrogens (primary N) is 1. The average molecular weight is 594 g/mol. The van der Waals surface area contributed by atoms with Gasteiger partial charge in [0.2, 0.25) is 17.7 Å². The van der Waals surface area contributed by atoms with E-state index >= 15 is 0 Å². The number of aromatic nitrogens is 3. The van der Waals surface area contributed by atoms with Crippen molar-refractivity contribution < 1.29 is 19.2 Å². The summed E-state index contributed by atoms with van der Waals surface area (Å²) in [6, 6.07) is 16.6. The first-order valence-corrected chi connectivity index (χ1v) is 13.5. The second-order valence-electron chi connectivity index (χ2n) is 9.60. The van der Waals surface area contributed by atoms with Gasteiger partial charge in [-0.25, -0.2) is 4.98 Å². The number of halogens is 2. The molecule has 2 heterocycles. The van der Waals surface area contributed by atoms with Crippen molar-refractivity contribution in [3.05, 3.63) is 82.1 Å². The first kappa shape index (κ1) is 28.1. The highest BCUT2D eigenvalue weighted by atomic mass is 35.5. The van der Waals surface area contributed by atoms with Gasteiger partial charge < -0.3 is 21.3 Å². The number of nitrogens with one attached hydrogen (secondary N) is 2. The number of rotatable bonds is 10. The van der Waals surface area contributed by atoms with Crippen LogP contribution < -0.4 is 16.4 Å². The Balaban J connectivity index is 1.30. The van der Waals surface area contributed by atoms with Gasteiger partial charge in [-0.05, 0) is 60.9 Å². The Hall–Kier alpha value is -4.48. The van der Waals surface area contributed by atoms with Gasteiger partial charge in [0.1, 0.15) is 24.1 Å². The number of carbonyl (C=O) groups excluding carboxylic acids is 4. The molecule has 0 spiro atoms. The van der Waals surface area contributed by atoms with Crippen LogP contribution in [0.15, 0.2) is 60.7 Å². The number of benzene rings is 2. The maximum absolute atomic E-state index is 13.3. The van der Waals surface area contributed by atoms with Crippen molar-refractivity contribution in [3.63, 3.8) is 0 Å². The molecule has 1 aliphatic rings. The molecule has 0 saturated heterocycles. The topological polar surface area (TPSA) is 152 Å². The molecular formula is C28H25Cl2N7O4. The fourth-order valence-electron chi connectivity index (χ4n) is 4.39. The molecular weight excluding hydrogens is 569 g/mol. The van der Waals surface area contributed by atoms with Gasteiger partial charge in [0.05, 0.1) is 11.9 Å². The number of primary amides is 1. The molecule has 11 nitrogen and oxygen atoms in total. The van der Waals surface area contributed by atoms with Crippen LogP contribution in [0.3, 0.4) is 0 Å². The van der Waals surface area contributed by atoms with Crippen LogP contribution in [0.25, 0.3) is 10.9 Å². The highest BCUT2D eigenvalue weighted by Crippen LogP contribution is 2.28. The first-order chi connectivity index (χ1) is 19.7. The van der Waals surface area contributed by atoms with Crippen molar-refractivity contribution >= 4 is 69.2 Å². The van der Waals surface area contributed by atoms with Gasteiger partial charge in [0.15, 0.2) is 5.69 Å². The third-order valence-corrected chi connectivity index (χ3v) is 6.90. The Kier molecular flexibility index (Phi) is 8.18. The van der Waals surface area contributed by atoms with E-state index in [4.69, 9.17) is 28.9 Å². The predicted octanol–water partition coefficient (Wildman–Crippen LogP) is 3.65. The molecule has 41 heavy (non-hydrogen) atoms. The van der Waals surface area contributed by atoms with E-state index in [9.17, 15) is 19.2 Å². The summed E-state index contributed by atoms with van der Waals surface area (Å²) in [5.41, 5.74) is 7.25. The minimum Gasteiger partial charge on any atom is -0.364 e. The van der Waals surface area contributed by atoms with Crippen LogP contribution in [-0.2, 0) is 27.3 Å². The number of fused-ring (bicyclic) bond motifs is 1. The molecule has 4 aromatic rings. The van der Waals surface area contributed by atoms with Gasteiger partial charge in [-0.1, -0.05) is 41.4 Å². The third-order valence-electron chi connectivity index (χ3n) is 6.44. The molecule has 2 aromatic carbocycles. The number of amides is 4. The normalized spacial score (nSPS) is 12.6. The van der Waals surface area contributed by atoms with Crippen molar-refractivity contribution in [2.24, 2.45) is 5.73 Å². The molecule has 210 valence electrons. The van der Waals surface area contributed by atoms with Crippen LogP contribution in [0.1, 0.15) is 28.9 Å². The molecule has 0 aliphatic heterocycles. The van der Waals surface area contributed by atoms with E-state index < -0.39 is 11.8 Å². The molecule has 1 saturated carbocycles. The number of pyridine rings is 1. The van der Waals surface area contributed by atoms with Crippen LogP contribution >= 0.6 is 23.2 Å². The molecule has 1 fully saturated rings. The van der Waals surface area contributed by atoms with Gasteiger partial charge in [0.25, 0.3) is 5.91 Å². The summed E-state index contributed by atoms with van der Waals surface area (Å²) in [4.78, 5) is 56.3.